The van der Waals surface area contributed by atoms with Gasteiger partial charge in [0.05, 0.1) is 40.9 Å². The molecule has 0 bridgehead atoms. The number of anilines is 4. The zero-order valence-electron chi connectivity index (χ0n) is 18.8. The van der Waals surface area contributed by atoms with Crippen LogP contribution in [0, 0.1) is 0 Å². The molecule has 3 heterocycles. The van der Waals surface area contributed by atoms with Gasteiger partial charge in [0.2, 0.25) is 0 Å². The number of hydrogen-bond donors (Lipinski definition) is 1. The van der Waals surface area contributed by atoms with E-state index in [-0.39, 0.29) is 0 Å². The molecule has 6 rings (SSSR count). The predicted octanol–water partition coefficient (Wildman–Crippen LogP) is 8.01. The number of pyridine rings is 2. The van der Waals surface area contributed by atoms with E-state index in [1.54, 1.807) is 19.5 Å². The highest BCUT2D eigenvalue weighted by Crippen LogP contribution is 2.47. The Bertz CT molecular complexity index is 1550. The lowest BCUT2D eigenvalue weighted by Gasteiger charge is -2.31. The topological polar surface area (TPSA) is 50.3 Å². The van der Waals surface area contributed by atoms with Crippen molar-refractivity contribution >= 4 is 73.8 Å². The average Bonchev–Trinajstić information content (AvgIpc) is 2.88. The number of halogens is 2. The molecule has 7 heteroatoms. The maximum Gasteiger partial charge on any atom is 0.121 e. The molecule has 5 aromatic rings. The number of hydrogen-bond acceptors (Lipinski definition) is 5. The monoisotopic (exact) mass is 498 g/mol. The number of methoxy groups -OCH3 is 1. The van der Waals surface area contributed by atoms with Gasteiger partial charge in [-0.05, 0) is 54.6 Å². The molecule has 172 valence electrons. The van der Waals surface area contributed by atoms with Crippen LogP contribution in [0.3, 0.4) is 0 Å². The van der Waals surface area contributed by atoms with E-state index >= 15 is 0 Å². The van der Waals surface area contributed by atoms with Crippen LogP contribution in [0.1, 0.15) is 5.56 Å². The molecule has 0 aliphatic carbocycles. The van der Waals surface area contributed by atoms with E-state index in [9.17, 15) is 0 Å². The average molecular weight is 499 g/mol. The highest BCUT2D eigenvalue weighted by atomic mass is 35.5. The van der Waals surface area contributed by atoms with Crippen molar-refractivity contribution in [2.24, 2.45) is 0 Å². The second-order valence-electron chi connectivity index (χ2n) is 8.21. The molecule has 1 N–H and O–H groups in total. The van der Waals surface area contributed by atoms with Crippen LogP contribution in [0.5, 0.6) is 5.75 Å². The molecule has 1 aliphatic rings. The fourth-order valence-electron chi connectivity index (χ4n) is 4.58. The van der Waals surface area contributed by atoms with Crippen LogP contribution < -0.4 is 15.0 Å². The molecule has 2 aromatic heterocycles. The molecule has 0 saturated carbocycles. The van der Waals surface area contributed by atoms with Gasteiger partial charge in [-0.15, -0.1) is 0 Å². The molecule has 5 nitrogen and oxygen atoms in total. The summed E-state index contributed by atoms with van der Waals surface area (Å²) in [5, 5.41) is 6.79. The lowest BCUT2D eigenvalue weighted by molar-refractivity contribution is 0.415. The van der Waals surface area contributed by atoms with Crippen molar-refractivity contribution in [1.29, 1.82) is 0 Å². The van der Waals surface area contributed by atoms with Gasteiger partial charge in [-0.3, -0.25) is 9.97 Å². The van der Waals surface area contributed by atoms with Gasteiger partial charge in [-0.1, -0.05) is 35.4 Å². The summed E-state index contributed by atoms with van der Waals surface area (Å²) in [6.45, 7) is 0.736. The second kappa shape index (κ2) is 8.77. The SMILES string of the molecule is COc1cc2c(c(N(c3ccnc4cc(Cl)ccc34)c3ccnc4cc(Cl)ccc34)c1)NCC=C2. The van der Waals surface area contributed by atoms with Crippen molar-refractivity contribution < 1.29 is 4.74 Å². The van der Waals surface area contributed by atoms with Crippen molar-refractivity contribution in [1.82, 2.24) is 9.97 Å². The highest BCUT2D eigenvalue weighted by Gasteiger charge is 2.24. The molecule has 0 fully saturated rings. The molecular weight excluding hydrogens is 479 g/mol. The first-order valence-corrected chi connectivity index (χ1v) is 11.9. The third-order valence-corrected chi connectivity index (χ3v) is 6.61. The van der Waals surface area contributed by atoms with Gasteiger partial charge in [0.15, 0.2) is 0 Å². The maximum atomic E-state index is 6.30. The van der Waals surface area contributed by atoms with Gasteiger partial charge in [-0.2, -0.15) is 0 Å². The van der Waals surface area contributed by atoms with Crippen LogP contribution in [0.4, 0.5) is 22.7 Å². The molecule has 3 aromatic carbocycles. The second-order valence-corrected chi connectivity index (χ2v) is 9.09. The van der Waals surface area contributed by atoms with Gasteiger partial charge in [0, 0.05) is 51.4 Å². The van der Waals surface area contributed by atoms with E-state index in [0.717, 1.165) is 62.4 Å². The van der Waals surface area contributed by atoms with Crippen LogP contribution in [0.15, 0.2) is 79.1 Å². The summed E-state index contributed by atoms with van der Waals surface area (Å²) >= 11 is 12.6. The number of nitrogens with zero attached hydrogens (tertiary/aromatic N) is 3. The summed E-state index contributed by atoms with van der Waals surface area (Å²) in [4.78, 5) is 11.4. The molecular formula is C28H20Cl2N4O. The Kier molecular flexibility index (Phi) is 5.44. The summed E-state index contributed by atoms with van der Waals surface area (Å²) in [7, 11) is 1.68. The van der Waals surface area contributed by atoms with Crippen LogP contribution in [0.25, 0.3) is 27.9 Å². The first-order valence-electron chi connectivity index (χ1n) is 11.1. The summed E-state index contributed by atoms with van der Waals surface area (Å²) in [6, 6.07) is 19.7. The minimum Gasteiger partial charge on any atom is -0.497 e. The minimum absolute atomic E-state index is 0.642. The number of rotatable bonds is 4. The van der Waals surface area contributed by atoms with Gasteiger partial charge in [0.25, 0.3) is 0 Å². The molecule has 0 radical (unpaired) electrons. The van der Waals surface area contributed by atoms with Crippen molar-refractivity contribution in [3.05, 3.63) is 94.7 Å². The molecule has 1 aliphatic heterocycles. The van der Waals surface area contributed by atoms with E-state index in [0.29, 0.717) is 10.0 Å². The Balaban J connectivity index is 1.72. The number of benzene rings is 3. The lowest BCUT2D eigenvalue weighted by atomic mass is 10.0. The third-order valence-electron chi connectivity index (χ3n) is 6.14. The van der Waals surface area contributed by atoms with E-state index in [1.165, 1.54) is 0 Å². The van der Waals surface area contributed by atoms with Gasteiger partial charge in [-0.25, -0.2) is 0 Å². The van der Waals surface area contributed by atoms with E-state index in [1.807, 2.05) is 54.6 Å². The first kappa shape index (κ1) is 21.7. The lowest BCUT2D eigenvalue weighted by Crippen LogP contribution is -2.16. The number of ether oxygens (including phenoxy) is 1. The zero-order valence-corrected chi connectivity index (χ0v) is 20.3. The number of fused-ring (bicyclic) bond motifs is 3. The summed E-state index contributed by atoms with van der Waals surface area (Å²) in [5.41, 5.74) is 6.57. The van der Waals surface area contributed by atoms with Crippen LogP contribution >= 0.6 is 23.2 Å². The normalized spacial score (nSPS) is 12.4. The van der Waals surface area contributed by atoms with Crippen molar-refractivity contribution in [3.8, 4) is 5.75 Å². The summed E-state index contributed by atoms with van der Waals surface area (Å²) in [5.74, 6) is 0.764. The first-order chi connectivity index (χ1) is 17.1. The van der Waals surface area contributed by atoms with E-state index in [2.05, 4.69) is 38.4 Å². The molecule has 0 amide bonds. The number of nitrogens with one attached hydrogen (secondary N) is 1. The van der Waals surface area contributed by atoms with Crippen LogP contribution in [-0.2, 0) is 0 Å². The quantitative estimate of drug-likeness (QED) is 0.272. The molecule has 35 heavy (non-hydrogen) atoms. The maximum absolute atomic E-state index is 6.30. The Morgan fingerprint density at radius 2 is 1.43 bits per heavy atom. The minimum atomic E-state index is 0.642. The van der Waals surface area contributed by atoms with E-state index < -0.39 is 0 Å². The fraction of sp³-hybridized carbons (Fsp3) is 0.0714. The van der Waals surface area contributed by atoms with Gasteiger partial charge in [0.1, 0.15) is 5.75 Å². The van der Waals surface area contributed by atoms with Gasteiger partial charge >= 0.3 is 0 Å². The Hall–Kier alpha value is -3.80. The standard InChI is InChI=1S/C28H20Cl2N4O/c1-35-20-13-17-3-2-10-33-28(17)27(16-20)34(25-8-11-31-23-14-18(29)4-6-21(23)25)26-9-12-32-24-15-19(30)5-7-22(24)26/h2-9,11-16,33H,10H2,1H3. The van der Waals surface area contributed by atoms with Crippen molar-refractivity contribution in [2.75, 3.05) is 23.9 Å². The van der Waals surface area contributed by atoms with Crippen molar-refractivity contribution in [2.45, 2.75) is 0 Å². The van der Waals surface area contributed by atoms with Crippen LogP contribution in [-0.4, -0.2) is 23.6 Å². The summed E-state index contributed by atoms with van der Waals surface area (Å²) < 4.78 is 5.70. The number of aromatic nitrogens is 2. The van der Waals surface area contributed by atoms with Crippen molar-refractivity contribution in [3.63, 3.8) is 0 Å². The Morgan fingerprint density at radius 1 is 0.800 bits per heavy atom. The van der Waals surface area contributed by atoms with Crippen LogP contribution in [0.2, 0.25) is 10.0 Å². The molecule has 0 atom stereocenters. The predicted molar refractivity (Wildman–Crippen MR) is 146 cm³/mol. The Labute approximate surface area is 212 Å². The molecule has 0 spiro atoms. The van der Waals surface area contributed by atoms with Gasteiger partial charge < -0.3 is 15.0 Å². The fourth-order valence-corrected chi connectivity index (χ4v) is 4.91. The smallest absolute Gasteiger partial charge is 0.121 e. The third kappa shape index (κ3) is 3.83. The highest BCUT2D eigenvalue weighted by molar-refractivity contribution is 6.31. The molecule has 0 unspecified atom stereocenters. The molecule has 0 saturated heterocycles. The van der Waals surface area contributed by atoms with E-state index in [4.69, 9.17) is 27.9 Å². The zero-order chi connectivity index (χ0) is 23.9. The summed E-state index contributed by atoms with van der Waals surface area (Å²) in [6.07, 6.45) is 7.83. The largest absolute Gasteiger partial charge is 0.497 e. The Morgan fingerprint density at radius 3 is 2.03 bits per heavy atom.